The van der Waals surface area contributed by atoms with Crippen LogP contribution in [0.1, 0.15) is 12.5 Å². The van der Waals surface area contributed by atoms with Crippen molar-refractivity contribution in [3.05, 3.63) is 54.4 Å². The Labute approximate surface area is 200 Å². The van der Waals surface area contributed by atoms with E-state index in [1.165, 1.54) is 23.9 Å². The lowest BCUT2D eigenvalue weighted by atomic mass is 10.2. The van der Waals surface area contributed by atoms with Crippen molar-refractivity contribution in [2.24, 2.45) is 10.2 Å². The molecule has 33 heavy (non-hydrogen) atoms. The number of carbonyl (C=O) groups excluding carboxylic acids is 1. The summed E-state index contributed by atoms with van der Waals surface area (Å²) < 4.78 is 27.9. The molecule has 172 valence electrons. The van der Waals surface area contributed by atoms with E-state index >= 15 is 0 Å². The van der Waals surface area contributed by atoms with Gasteiger partial charge in [0.25, 0.3) is 0 Å². The molecule has 1 aromatic carbocycles. The highest BCUT2D eigenvalue weighted by atomic mass is 32.2. The standard InChI is InChI=1S/C20H21N7O3S3/c1-4-27-18(14-9-11-22-12-10-14)23-25-20(27)31-13-17(28)26-32-19(24-21-2)15-5-7-16(8-6-15)33(3,29)30/h5-12H,2,4,13H2,1,3H3,(H,26,28)/b24-19-. The Balaban J connectivity index is 1.62. The monoisotopic (exact) mass is 503 g/mol. The van der Waals surface area contributed by atoms with Gasteiger partial charge in [0.2, 0.25) is 5.91 Å². The van der Waals surface area contributed by atoms with E-state index < -0.39 is 9.84 Å². The molecule has 2 aromatic heterocycles. The van der Waals surface area contributed by atoms with Gasteiger partial charge in [0.05, 0.1) is 10.6 Å². The number of hydrogen-bond acceptors (Lipinski definition) is 10. The molecule has 0 aliphatic carbocycles. The van der Waals surface area contributed by atoms with Crippen LogP contribution in [0.3, 0.4) is 0 Å². The van der Waals surface area contributed by atoms with Gasteiger partial charge in [-0.05, 0) is 31.2 Å². The molecular weight excluding hydrogens is 482 g/mol. The summed E-state index contributed by atoms with van der Waals surface area (Å²) in [6, 6.07) is 9.84. The molecule has 0 radical (unpaired) electrons. The number of amides is 1. The van der Waals surface area contributed by atoms with E-state index in [9.17, 15) is 13.2 Å². The molecule has 2 heterocycles. The van der Waals surface area contributed by atoms with E-state index in [2.05, 4.69) is 36.8 Å². The Morgan fingerprint density at radius 2 is 1.85 bits per heavy atom. The molecular formula is C20H21N7O3S3. The van der Waals surface area contributed by atoms with Crippen LogP contribution in [0, 0.1) is 0 Å². The van der Waals surface area contributed by atoms with E-state index in [4.69, 9.17) is 0 Å². The summed E-state index contributed by atoms with van der Waals surface area (Å²) in [6.45, 7) is 5.97. The van der Waals surface area contributed by atoms with Gasteiger partial charge >= 0.3 is 0 Å². The van der Waals surface area contributed by atoms with Crippen molar-refractivity contribution in [2.45, 2.75) is 23.5 Å². The number of nitrogens with one attached hydrogen (secondary N) is 1. The van der Waals surface area contributed by atoms with Gasteiger partial charge < -0.3 is 4.57 Å². The van der Waals surface area contributed by atoms with Crippen LogP contribution in [-0.2, 0) is 21.2 Å². The fraction of sp³-hybridized carbons (Fsp3) is 0.200. The number of benzene rings is 1. The summed E-state index contributed by atoms with van der Waals surface area (Å²) >= 11 is 2.24. The van der Waals surface area contributed by atoms with E-state index in [1.807, 2.05) is 23.6 Å². The minimum absolute atomic E-state index is 0.114. The van der Waals surface area contributed by atoms with Crippen molar-refractivity contribution in [2.75, 3.05) is 12.0 Å². The molecule has 3 aromatic rings. The molecule has 0 spiro atoms. The van der Waals surface area contributed by atoms with Crippen LogP contribution in [0.2, 0.25) is 0 Å². The molecule has 0 fully saturated rings. The van der Waals surface area contributed by atoms with Crippen molar-refractivity contribution < 1.29 is 13.2 Å². The molecule has 0 atom stereocenters. The molecule has 13 heteroatoms. The first-order valence-corrected chi connectivity index (χ1v) is 13.3. The smallest absolute Gasteiger partial charge is 0.240 e. The van der Waals surface area contributed by atoms with E-state index in [-0.39, 0.29) is 16.6 Å². The quantitative estimate of drug-likeness (QED) is 0.163. The first kappa shape index (κ1) is 24.6. The number of nitrogens with zero attached hydrogens (tertiary/aromatic N) is 6. The average molecular weight is 504 g/mol. The van der Waals surface area contributed by atoms with E-state index in [0.29, 0.717) is 28.1 Å². The molecule has 0 saturated carbocycles. The van der Waals surface area contributed by atoms with Gasteiger partial charge in [0.1, 0.15) is 5.04 Å². The maximum absolute atomic E-state index is 12.4. The number of aromatic nitrogens is 4. The maximum atomic E-state index is 12.4. The van der Waals surface area contributed by atoms with Gasteiger partial charge in [-0.1, -0.05) is 23.9 Å². The minimum Gasteiger partial charge on any atom is -0.302 e. The predicted molar refractivity (Wildman–Crippen MR) is 131 cm³/mol. The molecule has 0 aliphatic rings. The lowest BCUT2D eigenvalue weighted by Gasteiger charge is -2.08. The van der Waals surface area contributed by atoms with Crippen molar-refractivity contribution in [1.82, 2.24) is 24.5 Å². The average Bonchev–Trinajstić information content (AvgIpc) is 3.23. The number of carbonyl (C=O) groups is 1. The molecule has 1 amide bonds. The Kier molecular flexibility index (Phi) is 8.36. The van der Waals surface area contributed by atoms with Gasteiger partial charge in [0.15, 0.2) is 20.8 Å². The highest BCUT2D eigenvalue weighted by Crippen LogP contribution is 2.23. The Morgan fingerprint density at radius 3 is 2.45 bits per heavy atom. The van der Waals surface area contributed by atoms with E-state index in [1.54, 1.807) is 24.5 Å². The van der Waals surface area contributed by atoms with Crippen LogP contribution in [0.25, 0.3) is 11.4 Å². The summed E-state index contributed by atoms with van der Waals surface area (Å²) in [5.41, 5.74) is 1.49. The third kappa shape index (κ3) is 6.49. The van der Waals surface area contributed by atoms with Crippen LogP contribution in [-0.4, -0.2) is 57.8 Å². The van der Waals surface area contributed by atoms with Crippen molar-refractivity contribution in [1.29, 1.82) is 0 Å². The molecule has 10 nitrogen and oxygen atoms in total. The molecule has 0 aliphatic heterocycles. The second-order valence-corrected chi connectivity index (χ2v) is 10.3. The van der Waals surface area contributed by atoms with Crippen LogP contribution >= 0.6 is 23.7 Å². The highest BCUT2D eigenvalue weighted by molar-refractivity contribution is 8.13. The molecule has 3 rings (SSSR count). The summed E-state index contributed by atoms with van der Waals surface area (Å²) in [5, 5.41) is 16.9. The number of hydrogen-bond donors (Lipinski definition) is 1. The van der Waals surface area contributed by atoms with Crippen LogP contribution < -0.4 is 4.72 Å². The van der Waals surface area contributed by atoms with Crippen LogP contribution in [0.15, 0.2) is 69.0 Å². The van der Waals surface area contributed by atoms with Gasteiger partial charge in [0, 0.05) is 55.0 Å². The second-order valence-electron chi connectivity index (χ2n) is 6.55. The lowest BCUT2D eigenvalue weighted by molar-refractivity contribution is -0.116. The summed E-state index contributed by atoms with van der Waals surface area (Å²) in [4.78, 5) is 16.6. The Hall–Kier alpha value is -3.03. The summed E-state index contributed by atoms with van der Waals surface area (Å²) in [6.07, 6.45) is 4.51. The largest absolute Gasteiger partial charge is 0.302 e. The first-order valence-electron chi connectivity index (χ1n) is 9.59. The minimum atomic E-state index is -3.31. The zero-order valence-corrected chi connectivity index (χ0v) is 20.3. The van der Waals surface area contributed by atoms with E-state index in [0.717, 1.165) is 23.8 Å². The molecule has 1 N–H and O–H groups in total. The van der Waals surface area contributed by atoms with Crippen LogP contribution in [0.5, 0.6) is 0 Å². The van der Waals surface area contributed by atoms with Crippen molar-refractivity contribution in [3.63, 3.8) is 0 Å². The summed E-state index contributed by atoms with van der Waals surface area (Å²) in [7, 11) is -3.31. The van der Waals surface area contributed by atoms with Gasteiger partial charge in [-0.2, -0.15) is 5.10 Å². The maximum Gasteiger partial charge on any atom is 0.240 e. The normalized spacial score (nSPS) is 11.9. The second kappa shape index (κ2) is 11.2. The number of thioether (sulfide) groups is 1. The third-order valence-corrected chi connectivity index (χ3v) is 7.19. The Bertz CT molecular complexity index is 1260. The zero-order valence-electron chi connectivity index (χ0n) is 17.9. The van der Waals surface area contributed by atoms with Gasteiger partial charge in [-0.25, -0.2) is 8.42 Å². The lowest BCUT2D eigenvalue weighted by Crippen LogP contribution is -2.20. The fourth-order valence-corrected chi connectivity index (χ4v) is 4.87. The topological polar surface area (TPSA) is 132 Å². The van der Waals surface area contributed by atoms with Gasteiger partial charge in [-0.3, -0.25) is 14.5 Å². The molecule has 0 bridgehead atoms. The van der Waals surface area contributed by atoms with Gasteiger partial charge in [-0.15, -0.1) is 15.3 Å². The zero-order chi connectivity index (χ0) is 23.8. The number of sulfone groups is 1. The Morgan fingerprint density at radius 1 is 1.15 bits per heavy atom. The van der Waals surface area contributed by atoms with Crippen molar-refractivity contribution >= 4 is 51.2 Å². The first-order chi connectivity index (χ1) is 15.8. The predicted octanol–water partition coefficient (Wildman–Crippen LogP) is 2.68. The number of pyridine rings is 1. The van der Waals surface area contributed by atoms with Crippen LogP contribution in [0.4, 0.5) is 0 Å². The molecule has 0 unspecified atom stereocenters. The number of rotatable bonds is 8. The fourth-order valence-electron chi connectivity index (χ4n) is 2.71. The third-order valence-electron chi connectivity index (χ3n) is 4.26. The molecule has 0 saturated heterocycles. The highest BCUT2D eigenvalue weighted by Gasteiger charge is 2.16. The van der Waals surface area contributed by atoms with Crippen molar-refractivity contribution in [3.8, 4) is 11.4 Å². The summed E-state index contributed by atoms with van der Waals surface area (Å²) in [5.74, 6) is 0.565. The SMILES string of the molecule is C=N/N=C(\SNC(=O)CSc1nnc(-c2ccncc2)n1CC)c1ccc(S(C)(=O)=O)cc1.